The van der Waals surface area contributed by atoms with Gasteiger partial charge in [-0.15, -0.1) is 0 Å². The first-order valence-corrected chi connectivity index (χ1v) is 12.0. The van der Waals surface area contributed by atoms with E-state index in [9.17, 15) is 9.18 Å². The van der Waals surface area contributed by atoms with Crippen LogP contribution in [-0.4, -0.2) is 30.1 Å². The van der Waals surface area contributed by atoms with Gasteiger partial charge in [-0.25, -0.2) is 4.39 Å². The van der Waals surface area contributed by atoms with Crippen LogP contribution in [0.3, 0.4) is 0 Å². The Morgan fingerprint density at radius 2 is 1.93 bits per heavy atom. The molecule has 4 atom stereocenters. The number of alkyl halides is 1. The van der Waals surface area contributed by atoms with Crippen molar-refractivity contribution in [3.8, 4) is 0 Å². The Kier molecular flexibility index (Phi) is 7.02. The zero-order valence-electron chi connectivity index (χ0n) is 17.7. The number of nitrogens with two attached hydrogens (primary N) is 1. The van der Waals surface area contributed by atoms with Gasteiger partial charge < -0.3 is 10.6 Å². The summed E-state index contributed by atoms with van der Waals surface area (Å²) in [6.45, 7) is 1.60. The number of nitrogens with zero attached hydrogens (tertiary/aromatic N) is 1. The molecule has 2 aliphatic carbocycles. The molecule has 164 valence electrons. The number of halogens is 2. The monoisotopic (exact) mass is 432 g/mol. The van der Waals surface area contributed by atoms with E-state index in [0.29, 0.717) is 29.0 Å². The summed E-state index contributed by atoms with van der Waals surface area (Å²) < 4.78 is 14.6. The molecule has 1 saturated heterocycles. The smallest absolute Gasteiger partial charge is 0.225 e. The zero-order valence-corrected chi connectivity index (χ0v) is 18.5. The number of hydrogen-bond donors (Lipinski definition) is 1. The van der Waals surface area contributed by atoms with E-state index in [4.69, 9.17) is 17.3 Å². The Morgan fingerprint density at radius 1 is 1.17 bits per heavy atom. The zero-order chi connectivity index (χ0) is 21.1. The van der Waals surface area contributed by atoms with Gasteiger partial charge in [0.2, 0.25) is 5.91 Å². The lowest BCUT2D eigenvalue weighted by Gasteiger charge is -2.32. The van der Waals surface area contributed by atoms with Gasteiger partial charge in [0.1, 0.15) is 6.17 Å². The summed E-state index contributed by atoms with van der Waals surface area (Å²) in [4.78, 5) is 15.1. The lowest BCUT2D eigenvalue weighted by Crippen LogP contribution is -2.36. The molecule has 1 heterocycles. The lowest BCUT2D eigenvalue weighted by atomic mass is 9.75. The van der Waals surface area contributed by atoms with Gasteiger partial charge in [0.15, 0.2) is 0 Å². The molecule has 1 saturated carbocycles. The highest BCUT2D eigenvalue weighted by atomic mass is 35.5. The van der Waals surface area contributed by atoms with Crippen LogP contribution in [0.15, 0.2) is 30.4 Å². The molecule has 1 aliphatic heterocycles. The van der Waals surface area contributed by atoms with Gasteiger partial charge in [-0.3, -0.25) is 4.79 Å². The number of carbonyl (C=O) groups excluding carboxylic acids is 1. The second-order valence-electron chi connectivity index (χ2n) is 9.51. The fourth-order valence-corrected chi connectivity index (χ4v) is 5.89. The number of hydrogen-bond acceptors (Lipinski definition) is 2. The third-order valence-electron chi connectivity index (χ3n) is 7.55. The van der Waals surface area contributed by atoms with Crippen LogP contribution in [0, 0.1) is 17.8 Å². The molecule has 3 unspecified atom stereocenters. The maximum Gasteiger partial charge on any atom is 0.225 e. The van der Waals surface area contributed by atoms with Gasteiger partial charge in [0.05, 0.1) is 10.7 Å². The molecule has 0 radical (unpaired) electrons. The van der Waals surface area contributed by atoms with Gasteiger partial charge in [0, 0.05) is 19.0 Å². The Morgan fingerprint density at radius 3 is 2.67 bits per heavy atom. The van der Waals surface area contributed by atoms with Crippen LogP contribution in [0.4, 0.5) is 10.1 Å². The fraction of sp³-hybridized carbons (Fsp3) is 0.640. The van der Waals surface area contributed by atoms with E-state index in [1.807, 2.05) is 24.3 Å². The minimum Gasteiger partial charge on any atom is -0.398 e. The number of carbonyl (C=O) groups is 1. The van der Waals surface area contributed by atoms with Crippen LogP contribution in [0.1, 0.15) is 69.3 Å². The largest absolute Gasteiger partial charge is 0.398 e. The summed E-state index contributed by atoms with van der Waals surface area (Å²) >= 11 is 6.34. The van der Waals surface area contributed by atoms with E-state index in [-0.39, 0.29) is 17.8 Å². The molecular weight excluding hydrogens is 399 g/mol. The number of benzene rings is 1. The van der Waals surface area contributed by atoms with E-state index in [1.54, 1.807) is 0 Å². The highest BCUT2D eigenvalue weighted by molar-refractivity contribution is 6.33. The molecule has 5 heteroatoms. The second-order valence-corrected chi connectivity index (χ2v) is 9.92. The second kappa shape index (κ2) is 9.72. The van der Waals surface area contributed by atoms with Gasteiger partial charge >= 0.3 is 0 Å². The van der Waals surface area contributed by atoms with Gasteiger partial charge in [0.25, 0.3) is 0 Å². The third-order valence-corrected chi connectivity index (χ3v) is 7.87. The van der Waals surface area contributed by atoms with Crippen molar-refractivity contribution in [2.24, 2.45) is 17.8 Å². The molecule has 1 aromatic carbocycles. The highest BCUT2D eigenvalue weighted by Gasteiger charge is 2.37. The van der Waals surface area contributed by atoms with E-state index < -0.39 is 6.17 Å². The summed E-state index contributed by atoms with van der Waals surface area (Å²) in [5.41, 5.74) is 7.64. The van der Waals surface area contributed by atoms with Gasteiger partial charge in [-0.05, 0) is 74.0 Å². The molecular formula is C25H34ClFN2O. The maximum absolute atomic E-state index is 14.6. The van der Waals surface area contributed by atoms with E-state index in [0.717, 1.165) is 50.8 Å². The van der Waals surface area contributed by atoms with Gasteiger partial charge in [-0.1, -0.05) is 49.1 Å². The molecule has 2 fully saturated rings. The van der Waals surface area contributed by atoms with Gasteiger partial charge in [-0.2, -0.15) is 0 Å². The first kappa shape index (κ1) is 21.7. The third kappa shape index (κ3) is 4.85. The van der Waals surface area contributed by atoms with Crippen LogP contribution >= 0.6 is 11.6 Å². The molecule has 0 aromatic heterocycles. The summed E-state index contributed by atoms with van der Waals surface area (Å²) in [6.07, 6.45) is 12.0. The Hall–Kier alpha value is -1.55. The molecule has 1 aromatic rings. The molecule has 3 aliphatic rings. The summed E-state index contributed by atoms with van der Waals surface area (Å²) in [5, 5.41) is 0.561. The molecule has 2 N–H and O–H groups in total. The van der Waals surface area contributed by atoms with E-state index >= 15 is 0 Å². The van der Waals surface area contributed by atoms with Crippen molar-refractivity contribution >= 4 is 23.2 Å². The fourth-order valence-electron chi connectivity index (χ4n) is 5.71. The van der Waals surface area contributed by atoms with Crippen molar-refractivity contribution in [2.45, 2.75) is 69.9 Å². The summed E-state index contributed by atoms with van der Waals surface area (Å²) in [7, 11) is 0. The lowest BCUT2D eigenvalue weighted by molar-refractivity contribution is -0.135. The van der Waals surface area contributed by atoms with Crippen LogP contribution in [0.2, 0.25) is 5.02 Å². The molecule has 4 rings (SSSR count). The average molecular weight is 433 g/mol. The van der Waals surface area contributed by atoms with Crippen LogP contribution in [0.25, 0.3) is 0 Å². The van der Waals surface area contributed by atoms with Crippen molar-refractivity contribution < 1.29 is 9.18 Å². The number of amides is 1. The van der Waals surface area contributed by atoms with E-state index in [2.05, 4.69) is 11.0 Å². The van der Waals surface area contributed by atoms with E-state index in [1.165, 1.54) is 19.3 Å². The topological polar surface area (TPSA) is 46.3 Å². The quantitative estimate of drug-likeness (QED) is 0.449. The highest BCUT2D eigenvalue weighted by Crippen LogP contribution is 2.42. The molecule has 1 amide bonds. The van der Waals surface area contributed by atoms with Crippen molar-refractivity contribution in [1.82, 2.24) is 4.90 Å². The van der Waals surface area contributed by atoms with Crippen LogP contribution in [-0.2, 0) is 4.79 Å². The number of allylic oxidation sites excluding steroid dienone is 2. The molecule has 3 nitrogen and oxygen atoms in total. The Balaban J connectivity index is 1.51. The molecule has 0 bridgehead atoms. The Bertz CT molecular complexity index is 776. The number of likely N-dealkylation sites (tertiary alicyclic amines) is 1. The number of anilines is 1. The Labute approximate surface area is 184 Å². The normalized spacial score (nSPS) is 28.6. The van der Waals surface area contributed by atoms with Crippen molar-refractivity contribution in [3.63, 3.8) is 0 Å². The number of rotatable bonds is 5. The summed E-state index contributed by atoms with van der Waals surface area (Å²) in [6, 6.07) is 5.86. The standard InChI is InChI=1S/C25H34ClFN2O/c26-22-15-18(10-11-24(22)28)21(14-19-8-4-5-9-23(19)27)20-12-13-29(16-20)25(30)17-6-2-1-3-7-17/h4-5,10-11,15,17,19-21,23H,1-3,6-9,12-14,16,28H2/t19?,20-,21?,23?/m0/s1. The van der Waals surface area contributed by atoms with Crippen molar-refractivity contribution in [3.05, 3.63) is 40.9 Å². The predicted molar refractivity (Wildman–Crippen MR) is 121 cm³/mol. The SMILES string of the molecule is Nc1ccc(C(CC2CC=CCC2F)[C@H]2CCN(C(=O)C3CCCCC3)C2)cc1Cl. The van der Waals surface area contributed by atoms with Crippen molar-refractivity contribution in [1.29, 1.82) is 0 Å². The minimum atomic E-state index is -0.789. The first-order valence-electron chi connectivity index (χ1n) is 11.7. The first-order chi connectivity index (χ1) is 14.5. The van der Waals surface area contributed by atoms with Crippen LogP contribution in [0.5, 0.6) is 0 Å². The number of nitrogen functional groups attached to an aromatic ring is 1. The average Bonchev–Trinajstić information content (AvgIpc) is 3.25. The van der Waals surface area contributed by atoms with Crippen molar-refractivity contribution in [2.75, 3.05) is 18.8 Å². The summed E-state index contributed by atoms with van der Waals surface area (Å²) in [5.74, 6) is 1.12. The van der Waals surface area contributed by atoms with Crippen LogP contribution < -0.4 is 5.73 Å². The minimum absolute atomic E-state index is 0.0272. The predicted octanol–water partition coefficient (Wildman–Crippen LogP) is 6.13. The molecule has 0 spiro atoms. The maximum atomic E-state index is 14.6. The molecule has 30 heavy (non-hydrogen) atoms.